The third-order valence-electron chi connectivity index (χ3n) is 3.20. The summed E-state index contributed by atoms with van der Waals surface area (Å²) in [5, 5.41) is 0. The highest BCUT2D eigenvalue weighted by atomic mass is 79.9. The zero-order chi connectivity index (χ0) is 11.7. The lowest BCUT2D eigenvalue weighted by Gasteiger charge is -2.21. The predicted molar refractivity (Wildman–Crippen MR) is 68.2 cm³/mol. The third-order valence-corrected chi connectivity index (χ3v) is 3.81. The maximum atomic E-state index is 13.5. The molecule has 0 aliphatic carbocycles. The van der Waals surface area contributed by atoms with E-state index in [9.17, 15) is 4.39 Å². The van der Waals surface area contributed by atoms with Gasteiger partial charge in [-0.3, -0.25) is 0 Å². The Kier molecular flexibility index (Phi) is 3.50. The summed E-state index contributed by atoms with van der Waals surface area (Å²) < 4.78 is 14.0. The molecule has 1 aromatic rings. The summed E-state index contributed by atoms with van der Waals surface area (Å²) in [6.07, 6.45) is 1.10. The highest BCUT2D eigenvalue weighted by molar-refractivity contribution is 9.10. The average Bonchev–Trinajstić information content (AvgIpc) is 2.71. The second kappa shape index (κ2) is 4.72. The van der Waals surface area contributed by atoms with E-state index in [1.165, 1.54) is 0 Å². The second-order valence-corrected chi connectivity index (χ2v) is 5.24. The van der Waals surface area contributed by atoms with Crippen LogP contribution < -0.4 is 10.6 Å². The van der Waals surface area contributed by atoms with Gasteiger partial charge in [0.2, 0.25) is 0 Å². The highest BCUT2D eigenvalue weighted by Gasteiger charge is 2.23. The smallest absolute Gasteiger partial charge is 0.139 e. The lowest BCUT2D eigenvalue weighted by molar-refractivity contribution is 0.601. The van der Waals surface area contributed by atoms with Crippen LogP contribution in [0.2, 0.25) is 0 Å². The van der Waals surface area contributed by atoms with Crippen LogP contribution in [0.1, 0.15) is 12.0 Å². The largest absolute Gasteiger partial charge is 0.371 e. The summed E-state index contributed by atoms with van der Waals surface area (Å²) in [6.45, 7) is 4.64. The van der Waals surface area contributed by atoms with E-state index in [1.807, 2.05) is 13.0 Å². The van der Waals surface area contributed by atoms with Crippen LogP contribution in [0.15, 0.2) is 16.6 Å². The number of nitrogens with zero attached hydrogens (tertiary/aromatic N) is 1. The lowest BCUT2D eigenvalue weighted by Crippen LogP contribution is -2.23. The van der Waals surface area contributed by atoms with Crippen molar-refractivity contribution in [3.05, 3.63) is 28.0 Å². The molecule has 16 heavy (non-hydrogen) atoms. The van der Waals surface area contributed by atoms with E-state index in [1.54, 1.807) is 6.07 Å². The van der Waals surface area contributed by atoms with Crippen molar-refractivity contribution in [1.82, 2.24) is 0 Å². The van der Waals surface area contributed by atoms with Crippen molar-refractivity contribution in [3.8, 4) is 0 Å². The van der Waals surface area contributed by atoms with Gasteiger partial charge < -0.3 is 10.6 Å². The molecule has 4 heteroatoms. The van der Waals surface area contributed by atoms with Crippen molar-refractivity contribution in [2.24, 2.45) is 11.7 Å². The second-order valence-electron chi connectivity index (χ2n) is 4.39. The quantitative estimate of drug-likeness (QED) is 0.906. The zero-order valence-corrected chi connectivity index (χ0v) is 10.9. The van der Waals surface area contributed by atoms with Crippen LogP contribution in [-0.2, 0) is 0 Å². The van der Waals surface area contributed by atoms with E-state index in [2.05, 4.69) is 20.8 Å². The molecule has 2 rings (SSSR count). The minimum Gasteiger partial charge on any atom is -0.371 e. The fourth-order valence-electron chi connectivity index (χ4n) is 2.22. The summed E-state index contributed by atoms with van der Waals surface area (Å²) in [4.78, 5) is 2.22. The minimum absolute atomic E-state index is 0.197. The number of benzene rings is 1. The van der Waals surface area contributed by atoms with E-state index >= 15 is 0 Å². The fraction of sp³-hybridized carbons (Fsp3) is 0.500. The summed E-state index contributed by atoms with van der Waals surface area (Å²) in [7, 11) is 0. The van der Waals surface area contributed by atoms with Gasteiger partial charge in [-0.25, -0.2) is 4.39 Å². The first-order valence-corrected chi connectivity index (χ1v) is 6.31. The summed E-state index contributed by atoms with van der Waals surface area (Å²) in [6, 6.07) is 3.44. The van der Waals surface area contributed by atoms with Crippen molar-refractivity contribution in [1.29, 1.82) is 0 Å². The number of halogens is 2. The molecule has 2 nitrogen and oxygen atoms in total. The summed E-state index contributed by atoms with van der Waals surface area (Å²) >= 11 is 3.20. The highest BCUT2D eigenvalue weighted by Crippen LogP contribution is 2.30. The van der Waals surface area contributed by atoms with Gasteiger partial charge in [0.05, 0.1) is 4.47 Å². The molecule has 0 bridgehead atoms. The number of rotatable bonds is 2. The van der Waals surface area contributed by atoms with Crippen LogP contribution in [0.3, 0.4) is 0 Å². The first kappa shape index (κ1) is 11.9. The first-order valence-electron chi connectivity index (χ1n) is 5.52. The maximum absolute atomic E-state index is 13.5. The molecule has 2 N–H and O–H groups in total. The Hall–Kier alpha value is -0.610. The first-order chi connectivity index (χ1) is 7.61. The van der Waals surface area contributed by atoms with Gasteiger partial charge in [0, 0.05) is 18.8 Å². The van der Waals surface area contributed by atoms with Crippen molar-refractivity contribution < 1.29 is 4.39 Å². The van der Waals surface area contributed by atoms with Crippen molar-refractivity contribution in [2.75, 3.05) is 24.5 Å². The van der Waals surface area contributed by atoms with Crippen molar-refractivity contribution in [2.45, 2.75) is 13.3 Å². The molecule has 0 saturated carbocycles. The molecule has 0 amide bonds. The topological polar surface area (TPSA) is 29.3 Å². The Balaban J connectivity index is 2.24. The van der Waals surface area contributed by atoms with Crippen LogP contribution in [0.5, 0.6) is 0 Å². The van der Waals surface area contributed by atoms with Crippen molar-refractivity contribution >= 4 is 21.6 Å². The number of nitrogens with two attached hydrogens (primary N) is 1. The standard InChI is InChI=1S/C12H16BrFN2/c1-8-4-10(13)11(14)5-12(8)16-3-2-9(6-15)7-16/h4-5,9H,2-3,6-7,15H2,1H3. The Labute approximate surface area is 104 Å². The molecule has 1 aromatic carbocycles. The predicted octanol–water partition coefficient (Wildman–Crippen LogP) is 2.68. The van der Waals surface area contributed by atoms with E-state index in [-0.39, 0.29) is 5.82 Å². The van der Waals surface area contributed by atoms with Gasteiger partial charge in [0.25, 0.3) is 0 Å². The number of hydrogen-bond donors (Lipinski definition) is 1. The Morgan fingerprint density at radius 3 is 2.94 bits per heavy atom. The van der Waals surface area contributed by atoms with Gasteiger partial charge in [-0.2, -0.15) is 0 Å². The Bertz CT molecular complexity index is 395. The lowest BCUT2D eigenvalue weighted by atomic mass is 10.1. The van der Waals surface area contributed by atoms with Crippen LogP contribution in [0.25, 0.3) is 0 Å². The number of aryl methyl sites for hydroxylation is 1. The molecule has 1 heterocycles. The van der Waals surface area contributed by atoms with Gasteiger partial charge in [0.1, 0.15) is 5.82 Å². The minimum atomic E-state index is -0.197. The van der Waals surface area contributed by atoms with E-state index in [0.29, 0.717) is 16.9 Å². The van der Waals surface area contributed by atoms with Crippen LogP contribution in [-0.4, -0.2) is 19.6 Å². The molecule has 0 aromatic heterocycles. The average molecular weight is 287 g/mol. The van der Waals surface area contributed by atoms with Gasteiger partial charge in [-0.15, -0.1) is 0 Å². The van der Waals surface area contributed by atoms with Gasteiger partial charge in [-0.05, 0) is 59.4 Å². The molecule has 88 valence electrons. The maximum Gasteiger partial charge on any atom is 0.139 e. The molecule has 1 unspecified atom stereocenters. The van der Waals surface area contributed by atoms with Crippen molar-refractivity contribution in [3.63, 3.8) is 0 Å². The fourth-order valence-corrected chi connectivity index (χ4v) is 2.68. The van der Waals surface area contributed by atoms with Crippen LogP contribution in [0.4, 0.5) is 10.1 Å². The van der Waals surface area contributed by atoms with Gasteiger partial charge in [-0.1, -0.05) is 0 Å². The molecule has 1 fully saturated rings. The molecule has 1 aliphatic heterocycles. The van der Waals surface area contributed by atoms with Gasteiger partial charge >= 0.3 is 0 Å². The Morgan fingerprint density at radius 2 is 2.31 bits per heavy atom. The molecule has 0 spiro atoms. The molecule has 1 atom stereocenters. The number of anilines is 1. The zero-order valence-electron chi connectivity index (χ0n) is 9.34. The van der Waals surface area contributed by atoms with Gasteiger partial charge in [0.15, 0.2) is 0 Å². The Morgan fingerprint density at radius 1 is 1.56 bits per heavy atom. The SMILES string of the molecule is Cc1cc(Br)c(F)cc1N1CCC(CN)C1. The summed E-state index contributed by atoms with van der Waals surface area (Å²) in [5.41, 5.74) is 7.76. The van der Waals surface area contributed by atoms with Crippen LogP contribution >= 0.6 is 15.9 Å². The molecule has 0 radical (unpaired) electrons. The van der Waals surface area contributed by atoms with E-state index in [4.69, 9.17) is 5.73 Å². The summed E-state index contributed by atoms with van der Waals surface area (Å²) in [5.74, 6) is 0.350. The third kappa shape index (κ3) is 2.23. The molecule has 1 saturated heterocycles. The van der Waals surface area contributed by atoms with E-state index < -0.39 is 0 Å². The molecular formula is C12H16BrFN2. The number of hydrogen-bond acceptors (Lipinski definition) is 2. The molecule has 1 aliphatic rings. The monoisotopic (exact) mass is 286 g/mol. The van der Waals surface area contributed by atoms with Crippen LogP contribution in [0, 0.1) is 18.7 Å². The normalized spacial score (nSPS) is 20.5. The van der Waals surface area contributed by atoms with E-state index in [0.717, 1.165) is 30.8 Å². The molecular weight excluding hydrogens is 271 g/mol.